The normalized spacial score (nSPS) is 13.8. The minimum absolute atomic E-state index is 0. The van der Waals surface area contributed by atoms with E-state index in [0.717, 1.165) is 30.2 Å². The number of rotatable bonds is 22. The van der Waals surface area contributed by atoms with Crippen molar-refractivity contribution in [2.75, 3.05) is 33.0 Å². The predicted octanol–water partition coefficient (Wildman–Crippen LogP) is 4.00. The van der Waals surface area contributed by atoms with Crippen molar-refractivity contribution in [3.63, 3.8) is 0 Å². The number of nitrogens with zero attached hydrogens (tertiary/aromatic N) is 2. The fraction of sp³-hybridized carbons (Fsp3) is 0.781. The molecule has 1 saturated heterocycles. The van der Waals surface area contributed by atoms with E-state index in [2.05, 4.69) is 6.92 Å². The zero-order valence-electron chi connectivity index (χ0n) is 25.5. The Morgan fingerprint density at radius 2 is 1.45 bits per heavy atom. The summed E-state index contributed by atoms with van der Waals surface area (Å²) in [4.78, 5) is 26.1. The number of amides is 2. The minimum atomic E-state index is -0.618. The number of ether oxygens (including phenoxy) is 3. The number of pyridine rings is 1. The Morgan fingerprint density at radius 1 is 0.875 bits per heavy atom. The average Bonchev–Trinajstić information content (AvgIpc) is 2.92. The van der Waals surface area contributed by atoms with E-state index in [1.54, 1.807) is 0 Å². The van der Waals surface area contributed by atoms with E-state index in [9.17, 15) is 9.59 Å². The topological polar surface area (TPSA) is 69.0 Å². The Bertz CT molecular complexity index is 818. The molecule has 2 amide bonds. The highest BCUT2D eigenvalue weighted by molar-refractivity contribution is 5.90. The van der Waals surface area contributed by atoms with E-state index in [0.29, 0.717) is 19.8 Å². The monoisotopic (exact) mass is 674 g/mol. The third-order valence-corrected chi connectivity index (χ3v) is 7.66. The van der Waals surface area contributed by atoms with Crippen LogP contribution in [0, 0.1) is 5.41 Å². The molecule has 1 aromatic rings. The van der Waals surface area contributed by atoms with Gasteiger partial charge in [0, 0.05) is 25.7 Å². The maximum Gasteiger partial charge on any atom is 0.417 e. The number of aryl methyl sites for hydroxylation is 1. The van der Waals surface area contributed by atoms with Crippen molar-refractivity contribution < 1.29 is 52.3 Å². The van der Waals surface area contributed by atoms with Crippen LogP contribution in [0.4, 0.5) is 4.79 Å². The molecule has 0 aliphatic carbocycles. The van der Waals surface area contributed by atoms with Crippen LogP contribution in [0.3, 0.4) is 0 Å². The average molecular weight is 675 g/mol. The quantitative estimate of drug-likeness (QED) is 0.106. The highest BCUT2D eigenvalue weighted by Gasteiger charge is 2.41. The molecular weight excluding hydrogens is 619 g/mol. The number of imide groups is 1. The van der Waals surface area contributed by atoms with Crippen LogP contribution in [0.2, 0.25) is 0 Å². The summed E-state index contributed by atoms with van der Waals surface area (Å²) >= 11 is 0. The molecule has 40 heavy (non-hydrogen) atoms. The lowest BCUT2D eigenvalue weighted by Crippen LogP contribution is -3.00. The molecule has 1 aliphatic rings. The Morgan fingerprint density at radius 3 is 1.95 bits per heavy atom. The van der Waals surface area contributed by atoms with Crippen molar-refractivity contribution in [1.29, 1.82) is 0 Å². The van der Waals surface area contributed by atoms with E-state index in [-0.39, 0.29) is 48.5 Å². The van der Waals surface area contributed by atoms with Crippen LogP contribution in [-0.4, -0.2) is 49.9 Å². The summed E-state index contributed by atoms with van der Waals surface area (Å²) < 4.78 is 19.0. The molecule has 1 aromatic heterocycles. The zero-order valence-corrected chi connectivity index (χ0v) is 27.6. The molecule has 2 rings (SSSR count). The van der Waals surface area contributed by atoms with Crippen molar-refractivity contribution >= 4 is 12.0 Å². The first-order valence-corrected chi connectivity index (χ1v) is 15.6. The summed E-state index contributed by atoms with van der Waals surface area (Å²) in [5.74, 6) is -0.334. The number of halogens is 1. The Kier molecular flexibility index (Phi) is 20.5. The van der Waals surface area contributed by atoms with Gasteiger partial charge in [0.05, 0.1) is 25.2 Å². The van der Waals surface area contributed by atoms with Crippen LogP contribution in [0.15, 0.2) is 24.4 Å². The second-order valence-electron chi connectivity index (χ2n) is 11.3. The Hall–Kier alpha value is -1.26. The van der Waals surface area contributed by atoms with E-state index in [1.807, 2.05) is 35.9 Å². The summed E-state index contributed by atoms with van der Waals surface area (Å²) in [5.41, 5.74) is 0.565. The molecule has 1 aliphatic heterocycles. The molecule has 1 fully saturated rings. The molecular formula is C32H55IN2O5. The summed E-state index contributed by atoms with van der Waals surface area (Å²) in [6.45, 7) is 9.07. The molecule has 0 bridgehead atoms. The van der Waals surface area contributed by atoms with Crippen LogP contribution in [-0.2, 0) is 32.1 Å². The number of hydrogen-bond acceptors (Lipinski definition) is 5. The molecule has 0 unspecified atom stereocenters. The molecule has 8 heteroatoms. The zero-order chi connectivity index (χ0) is 28.2. The van der Waals surface area contributed by atoms with E-state index in [1.165, 1.54) is 90.4 Å². The predicted molar refractivity (Wildman–Crippen MR) is 154 cm³/mol. The van der Waals surface area contributed by atoms with Crippen molar-refractivity contribution in [2.45, 2.75) is 124 Å². The molecule has 0 spiro atoms. The van der Waals surface area contributed by atoms with Crippen LogP contribution in [0.25, 0.3) is 0 Å². The third kappa shape index (κ3) is 14.6. The molecule has 0 atom stereocenters. The highest BCUT2D eigenvalue weighted by atomic mass is 127. The summed E-state index contributed by atoms with van der Waals surface area (Å²) in [6, 6.07) is 5.75. The maximum atomic E-state index is 12.8. The summed E-state index contributed by atoms with van der Waals surface area (Å²) in [5, 5.41) is 0. The van der Waals surface area contributed by atoms with Gasteiger partial charge in [-0.3, -0.25) is 4.79 Å². The van der Waals surface area contributed by atoms with Gasteiger partial charge in [-0.2, -0.15) is 0 Å². The van der Waals surface area contributed by atoms with Crippen LogP contribution < -0.4 is 28.5 Å². The number of unbranched alkanes of at least 4 members (excludes halogenated alkanes) is 13. The lowest BCUT2D eigenvalue weighted by molar-refractivity contribution is -0.701. The standard InChI is InChI=1S/C32H55N2O5.HI/c1-4-6-7-8-9-10-11-12-13-14-15-16-17-20-23-37-25-32(26-38-27-32)28-39-31(36)34(29(3)35)24-30-21-18-19-22-33(30)5-2;/h18-19,21-22H,4-17,20,23-28H2,1-3H3;1H/q+1;/p-1. The number of carbonyl (C=O) groups excluding carboxylic acids is 2. The van der Waals surface area contributed by atoms with Crippen molar-refractivity contribution in [2.24, 2.45) is 5.41 Å². The van der Waals surface area contributed by atoms with Gasteiger partial charge in [0.2, 0.25) is 11.6 Å². The third-order valence-electron chi connectivity index (χ3n) is 7.66. The number of aromatic nitrogens is 1. The summed E-state index contributed by atoms with van der Waals surface area (Å²) in [7, 11) is 0. The smallest absolute Gasteiger partial charge is 0.417 e. The van der Waals surface area contributed by atoms with Gasteiger partial charge in [-0.05, 0) is 13.3 Å². The molecule has 2 heterocycles. The Labute approximate surface area is 260 Å². The SMILES string of the molecule is CCCCCCCCCCCCCCCCOCC1(COC(=O)N(Cc2cccc[n+]2CC)C(C)=O)COC1.[I-]. The van der Waals surface area contributed by atoms with Gasteiger partial charge in [0.25, 0.3) is 0 Å². The van der Waals surface area contributed by atoms with Crippen LogP contribution in [0.5, 0.6) is 0 Å². The second kappa shape index (κ2) is 22.4. The van der Waals surface area contributed by atoms with Gasteiger partial charge in [-0.1, -0.05) is 96.5 Å². The largest absolute Gasteiger partial charge is 1.00 e. The number of hydrogen-bond donors (Lipinski definition) is 0. The van der Waals surface area contributed by atoms with Gasteiger partial charge in [0.15, 0.2) is 6.20 Å². The van der Waals surface area contributed by atoms with Gasteiger partial charge in [-0.15, -0.1) is 0 Å². The van der Waals surface area contributed by atoms with Crippen LogP contribution >= 0.6 is 0 Å². The first kappa shape index (κ1) is 36.8. The van der Waals surface area contributed by atoms with Crippen molar-refractivity contribution in [1.82, 2.24) is 4.90 Å². The molecule has 0 saturated carbocycles. The van der Waals surface area contributed by atoms with Gasteiger partial charge < -0.3 is 38.2 Å². The molecule has 230 valence electrons. The van der Waals surface area contributed by atoms with Crippen LogP contribution in [0.1, 0.15) is 116 Å². The second-order valence-corrected chi connectivity index (χ2v) is 11.3. The minimum Gasteiger partial charge on any atom is -1.00 e. The highest BCUT2D eigenvalue weighted by Crippen LogP contribution is 2.29. The van der Waals surface area contributed by atoms with Gasteiger partial charge >= 0.3 is 6.09 Å². The van der Waals surface area contributed by atoms with Crippen molar-refractivity contribution in [3.05, 3.63) is 30.1 Å². The molecule has 0 aromatic carbocycles. The summed E-state index contributed by atoms with van der Waals surface area (Å²) in [6.07, 6.45) is 20.1. The molecule has 7 nitrogen and oxygen atoms in total. The first-order chi connectivity index (χ1) is 19.0. The van der Waals surface area contributed by atoms with E-state index >= 15 is 0 Å². The number of carbonyl (C=O) groups is 2. The van der Waals surface area contributed by atoms with E-state index < -0.39 is 6.09 Å². The fourth-order valence-corrected chi connectivity index (χ4v) is 5.01. The molecule has 0 N–H and O–H groups in total. The van der Waals surface area contributed by atoms with Gasteiger partial charge in [-0.25, -0.2) is 14.3 Å². The molecule has 0 radical (unpaired) electrons. The van der Waals surface area contributed by atoms with Crippen molar-refractivity contribution in [3.8, 4) is 0 Å². The first-order valence-electron chi connectivity index (χ1n) is 15.6. The fourth-order valence-electron chi connectivity index (χ4n) is 5.01. The lowest BCUT2D eigenvalue weighted by atomic mass is 9.88. The Balaban J connectivity index is 0.00000800. The van der Waals surface area contributed by atoms with Gasteiger partial charge in [0.1, 0.15) is 19.7 Å². The lowest BCUT2D eigenvalue weighted by Gasteiger charge is -2.40. The van der Waals surface area contributed by atoms with E-state index in [4.69, 9.17) is 14.2 Å². The maximum absolute atomic E-state index is 12.8.